The molecular weight excluding hydrogens is 208 g/mol. The molecule has 1 atom stereocenters. The number of nitrogens with zero attached hydrogens (tertiary/aromatic N) is 2. The van der Waals surface area contributed by atoms with E-state index >= 15 is 0 Å². The van der Waals surface area contributed by atoms with Gasteiger partial charge in [0.2, 0.25) is 0 Å². The van der Waals surface area contributed by atoms with Gasteiger partial charge >= 0.3 is 5.97 Å². The summed E-state index contributed by atoms with van der Waals surface area (Å²) in [5, 5.41) is 13.1. The van der Waals surface area contributed by atoms with Crippen molar-refractivity contribution in [3.8, 4) is 0 Å². The highest BCUT2D eigenvalue weighted by atomic mass is 16.4. The summed E-state index contributed by atoms with van der Waals surface area (Å²) in [5.41, 5.74) is 2.00. The average Bonchev–Trinajstić information content (AvgIpc) is 2.29. The molecule has 84 valence electrons. The van der Waals surface area contributed by atoms with Gasteiger partial charge < -0.3 is 5.11 Å². The Morgan fingerprint density at radius 2 is 2.25 bits per heavy atom. The van der Waals surface area contributed by atoms with Crippen LogP contribution in [0.2, 0.25) is 0 Å². The third kappa shape index (κ3) is 1.88. The second-order valence-corrected chi connectivity index (χ2v) is 3.81. The van der Waals surface area contributed by atoms with E-state index in [1.165, 1.54) is 5.01 Å². The van der Waals surface area contributed by atoms with Gasteiger partial charge in [-0.15, -0.1) is 4.91 Å². The summed E-state index contributed by atoms with van der Waals surface area (Å²) in [4.78, 5) is 21.4. The zero-order valence-corrected chi connectivity index (χ0v) is 8.67. The summed E-state index contributed by atoms with van der Waals surface area (Å²) in [5.74, 6) is -0.921. The molecule has 0 bridgehead atoms. The van der Waals surface area contributed by atoms with Crippen LogP contribution in [0.1, 0.15) is 23.6 Å². The van der Waals surface area contributed by atoms with Crippen molar-refractivity contribution in [1.29, 1.82) is 0 Å². The molecule has 0 radical (unpaired) electrons. The Morgan fingerprint density at radius 3 is 2.94 bits per heavy atom. The smallest absolute Gasteiger partial charge is 0.305 e. The molecule has 0 fully saturated rings. The SMILES string of the molecule is O=NN1CCc2ccccc2C1CC(=O)O. The van der Waals surface area contributed by atoms with E-state index in [0.717, 1.165) is 17.5 Å². The number of fused-ring (bicyclic) bond motifs is 1. The van der Waals surface area contributed by atoms with Crippen molar-refractivity contribution in [3.05, 3.63) is 40.3 Å². The fraction of sp³-hybridized carbons (Fsp3) is 0.364. The topological polar surface area (TPSA) is 70.0 Å². The van der Waals surface area contributed by atoms with Gasteiger partial charge in [0.05, 0.1) is 17.7 Å². The number of carbonyl (C=O) groups is 1. The number of aliphatic carboxylic acids is 1. The molecule has 1 aliphatic rings. The monoisotopic (exact) mass is 220 g/mol. The fourth-order valence-corrected chi connectivity index (χ4v) is 2.12. The first-order valence-corrected chi connectivity index (χ1v) is 5.12. The number of nitroso groups, excluding NO2 is 1. The maximum absolute atomic E-state index is 10.8. The van der Waals surface area contributed by atoms with Gasteiger partial charge in [-0.05, 0) is 17.5 Å². The largest absolute Gasteiger partial charge is 0.481 e. The fourth-order valence-electron chi connectivity index (χ4n) is 2.12. The van der Waals surface area contributed by atoms with Gasteiger partial charge in [-0.1, -0.05) is 24.3 Å². The number of hydrogen-bond acceptors (Lipinski definition) is 3. The molecule has 1 aliphatic heterocycles. The summed E-state index contributed by atoms with van der Waals surface area (Å²) < 4.78 is 0. The molecule has 0 aromatic heterocycles. The summed E-state index contributed by atoms with van der Waals surface area (Å²) in [6, 6.07) is 7.16. The number of hydrogen-bond donors (Lipinski definition) is 1. The Hall–Kier alpha value is -1.91. The lowest BCUT2D eigenvalue weighted by Crippen LogP contribution is -2.32. The van der Waals surface area contributed by atoms with Gasteiger partial charge in [0.25, 0.3) is 0 Å². The van der Waals surface area contributed by atoms with Gasteiger partial charge in [-0.25, -0.2) is 0 Å². The first-order valence-electron chi connectivity index (χ1n) is 5.12. The molecule has 1 heterocycles. The van der Waals surface area contributed by atoms with Crippen molar-refractivity contribution in [3.63, 3.8) is 0 Å². The molecule has 0 saturated carbocycles. The van der Waals surface area contributed by atoms with Gasteiger partial charge in [0.15, 0.2) is 0 Å². The predicted octanol–water partition coefficient (Wildman–Crippen LogP) is 1.74. The minimum Gasteiger partial charge on any atom is -0.481 e. The van der Waals surface area contributed by atoms with Crippen LogP contribution in [0.4, 0.5) is 0 Å². The third-order valence-corrected chi connectivity index (χ3v) is 2.86. The van der Waals surface area contributed by atoms with Crippen LogP contribution in [0.15, 0.2) is 29.6 Å². The molecule has 0 aliphatic carbocycles. The Labute approximate surface area is 92.6 Å². The summed E-state index contributed by atoms with van der Waals surface area (Å²) >= 11 is 0. The standard InChI is InChI=1S/C11H12N2O3/c14-11(15)7-10-9-4-2-1-3-8(9)5-6-13(10)12-16/h1-4,10H,5-7H2,(H,14,15). The highest BCUT2D eigenvalue weighted by molar-refractivity contribution is 5.68. The molecule has 2 rings (SSSR count). The second kappa shape index (κ2) is 4.30. The number of carboxylic acid groups (broad SMARTS) is 1. The van der Waals surface area contributed by atoms with Gasteiger partial charge in [0.1, 0.15) is 0 Å². The van der Waals surface area contributed by atoms with Crippen molar-refractivity contribution in [2.75, 3.05) is 6.54 Å². The van der Waals surface area contributed by atoms with E-state index in [0.29, 0.717) is 6.54 Å². The van der Waals surface area contributed by atoms with Crippen LogP contribution in [0.3, 0.4) is 0 Å². The number of rotatable bonds is 3. The van der Waals surface area contributed by atoms with Crippen molar-refractivity contribution < 1.29 is 9.90 Å². The molecule has 0 amide bonds. The Morgan fingerprint density at radius 1 is 1.50 bits per heavy atom. The van der Waals surface area contributed by atoms with E-state index in [4.69, 9.17) is 5.11 Å². The summed E-state index contributed by atoms with van der Waals surface area (Å²) in [7, 11) is 0. The molecule has 0 spiro atoms. The lowest BCUT2D eigenvalue weighted by atomic mass is 9.92. The highest BCUT2D eigenvalue weighted by Crippen LogP contribution is 2.32. The van der Waals surface area contributed by atoms with Crippen LogP contribution in [0, 0.1) is 4.91 Å². The maximum Gasteiger partial charge on any atom is 0.305 e. The van der Waals surface area contributed by atoms with Crippen LogP contribution in [0.5, 0.6) is 0 Å². The molecule has 5 nitrogen and oxygen atoms in total. The molecule has 1 aromatic carbocycles. The Bertz CT molecular complexity index is 419. The van der Waals surface area contributed by atoms with Gasteiger partial charge in [0, 0.05) is 6.54 Å². The molecule has 0 saturated heterocycles. The van der Waals surface area contributed by atoms with Crippen molar-refractivity contribution in [2.24, 2.45) is 5.29 Å². The zero-order chi connectivity index (χ0) is 11.5. The van der Waals surface area contributed by atoms with Gasteiger partial charge in [-0.3, -0.25) is 9.80 Å². The third-order valence-electron chi connectivity index (χ3n) is 2.86. The van der Waals surface area contributed by atoms with E-state index in [9.17, 15) is 9.70 Å². The zero-order valence-electron chi connectivity index (χ0n) is 8.67. The minimum atomic E-state index is -0.921. The predicted molar refractivity (Wildman–Crippen MR) is 57.6 cm³/mol. The van der Waals surface area contributed by atoms with Crippen LogP contribution < -0.4 is 0 Å². The van der Waals surface area contributed by atoms with E-state index < -0.39 is 12.0 Å². The summed E-state index contributed by atoms with van der Waals surface area (Å²) in [6.07, 6.45) is 0.640. The van der Waals surface area contributed by atoms with Gasteiger partial charge in [-0.2, -0.15) is 0 Å². The molecule has 1 N–H and O–H groups in total. The number of carboxylic acids is 1. The Kier molecular flexibility index (Phi) is 2.85. The van der Waals surface area contributed by atoms with Crippen molar-refractivity contribution >= 4 is 5.97 Å². The quantitative estimate of drug-likeness (QED) is 0.788. The normalized spacial score (nSPS) is 19.0. The minimum absolute atomic E-state index is 0.0945. The molecule has 16 heavy (non-hydrogen) atoms. The second-order valence-electron chi connectivity index (χ2n) is 3.81. The molecule has 1 unspecified atom stereocenters. The first-order chi connectivity index (χ1) is 7.72. The van der Waals surface area contributed by atoms with E-state index in [1.54, 1.807) is 0 Å². The van der Waals surface area contributed by atoms with Crippen LogP contribution in [-0.4, -0.2) is 22.6 Å². The van der Waals surface area contributed by atoms with Crippen molar-refractivity contribution in [1.82, 2.24) is 5.01 Å². The van der Waals surface area contributed by atoms with Crippen LogP contribution >= 0.6 is 0 Å². The van der Waals surface area contributed by atoms with E-state index in [2.05, 4.69) is 5.29 Å². The molecule has 5 heteroatoms. The Balaban J connectivity index is 2.36. The lowest BCUT2D eigenvalue weighted by Gasteiger charge is -2.31. The molecule has 1 aromatic rings. The first kappa shape index (κ1) is 10.6. The molecular formula is C11H12N2O3. The van der Waals surface area contributed by atoms with E-state index in [-0.39, 0.29) is 6.42 Å². The van der Waals surface area contributed by atoms with Crippen LogP contribution in [-0.2, 0) is 11.2 Å². The van der Waals surface area contributed by atoms with Crippen molar-refractivity contribution in [2.45, 2.75) is 18.9 Å². The number of benzene rings is 1. The van der Waals surface area contributed by atoms with Crippen LogP contribution in [0.25, 0.3) is 0 Å². The highest BCUT2D eigenvalue weighted by Gasteiger charge is 2.28. The summed E-state index contributed by atoms with van der Waals surface area (Å²) in [6.45, 7) is 0.485. The lowest BCUT2D eigenvalue weighted by molar-refractivity contribution is -0.138. The van der Waals surface area contributed by atoms with E-state index in [1.807, 2.05) is 24.3 Å². The maximum atomic E-state index is 10.8. The average molecular weight is 220 g/mol.